The van der Waals surface area contributed by atoms with Crippen molar-refractivity contribution in [3.8, 4) is 0 Å². The Hall–Kier alpha value is -2.72. The van der Waals surface area contributed by atoms with E-state index in [1.807, 2.05) is 0 Å². The number of rotatable bonds is 4. The summed E-state index contributed by atoms with van der Waals surface area (Å²) in [6.45, 7) is 1.37. The molecule has 0 aromatic heterocycles. The molecule has 1 aromatic rings. The van der Waals surface area contributed by atoms with Crippen LogP contribution in [0.25, 0.3) is 0 Å². The van der Waals surface area contributed by atoms with E-state index >= 15 is 0 Å². The van der Waals surface area contributed by atoms with Gasteiger partial charge in [-0.1, -0.05) is 11.3 Å². The summed E-state index contributed by atoms with van der Waals surface area (Å²) in [5.41, 5.74) is 0.725. The average Bonchev–Trinajstić information content (AvgIpc) is 2.81. The topological polar surface area (TPSA) is 91.4 Å². The second kappa shape index (κ2) is 5.58. The Balaban J connectivity index is 2.18. The SMILES string of the molecule is Cc1cc(CN2N=NN(C(F)(F)F)C2C=O)ccc1[N+](=O)[O-]. The number of aryl methyl sites for hydroxylation is 1. The van der Waals surface area contributed by atoms with Crippen molar-refractivity contribution in [2.24, 2.45) is 10.4 Å². The quantitative estimate of drug-likeness (QED) is 0.368. The number of hydrogen-bond donors (Lipinski definition) is 0. The summed E-state index contributed by atoms with van der Waals surface area (Å²) < 4.78 is 37.9. The molecule has 1 heterocycles. The highest BCUT2D eigenvalue weighted by Gasteiger charge is 2.47. The van der Waals surface area contributed by atoms with Gasteiger partial charge >= 0.3 is 6.30 Å². The average molecular weight is 317 g/mol. The Kier molecular flexibility index (Phi) is 3.97. The second-order valence-corrected chi connectivity index (χ2v) is 4.52. The highest BCUT2D eigenvalue weighted by atomic mass is 19.4. The molecule has 0 radical (unpaired) electrons. The van der Waals surface area contributed by atoms with Gasteiger partial charge in [-0.2, -0.15) is 5.01 Å². The van der Waals surface area contributed by atoms with Gasteiger partial charge in [-0.3, -0.25) is 14.9 Å². The van der Waals surface area contributed by atoms with Gasteiger partial charge in [0.2, 0.25) is 6.17 Å². The molecule has 0 spiro atoms. The van der Waals surface area contributed by atoms with Gasteiger partial charge in [0.1, 0.15) is 0 Å². The maximum Gasteiger partial charge on any atom is 0.504 e. The fourth-order valence-corrected chi connectivity index (χ4v) is 1.99. The minimum Gasteiger partial charge on any atom is -0.299 e. The number of hydrogen-bond acceptors (Lipinski definition) is 7. The first-order chi connectivity index (χ1) is 10.2. The zero-order valence-corrected chi connectivity index (χ0v) is 11.2. The molecule has 0 saturated heterocycles. The predicted octanol–water partition coefficient (Wildman–Crippen LogP) is 2.35. The van der Waals surface area contributed by atoms with Crippen LogP contribution in [-0.2, 0) is 11.3 Å². The van der Waals surface area contributed by atoms with Crippen molar-refractivity contribution in [1.82, 2.24) is 10.0 Å². The Labute approximate surface area is 121 Å². The van der Waals surface area contributed by atoms with Crippen molar-refractivity contribution in [1.29, 1.82) is 0 Å². The van der Waals surface area contributed by atoms with Crippen molar-refractivity contribution in [2.75, 3.05) is 0 Å². The first kappa shape index (κ1) is 15.7. The molecule has 0 aliphatic carbocycles. The van der Waals surface area contributed by atoms with Gasteiger partial charge in [0.05, 0.1) is 11.5 Å². The monoisotopic (exact) mass is 317 g/mol. The van der Waals surface area contributed by atoms with Crippen LogP contribution in [0, 0.1) is 17.0 Å². The van der Waals surface area contributed by atoms with Gasteiger partial charge in [0.25, 0.3) is 5.69 Å². The molecule has 0 N–H and O–H groups in total. The van der Waals surface area contributed by atoms with E-state index in [2.05, 4.69) is 10.4 Å². The number of nitrogens with zero attached hydrogens (tertiary/aromatic N) is 5. The lowest BCUT2D eigenvalue weighted by Gasteiger charge is -2.24. The van der Waals surface area contributed by atoms with Crippen LogP contribution in [0.3, 0.4) is 0 Å². The van der Waals surface area contributed by atoms with Crippen molar-refractivity contribution in [2.45, 2.75) is 25.9 Å². The van der Waals surface area contributed by atoms with Crippen molar-refractivity contribution in [3.63, 3.8) is 0 Å². The number of nitro groups is 1. The molecular formula is C11H10F3N5O3. The van der Waals surface area contributed by atoms with E-state index in [0.717, 1.165) is 5.01 Å². The third kappa shape index (κ3) is 2.97. The van der Waals surface area contributed by atoms with Crippen LogP contribution < -0.4 is 0 Å². The normalized spacial score (nSPS) is 17.9. The Bertz CT molecular complexity index is 634. The molecule has 1 aliphatic heterocycles. The molecule has 0 amide bonds. The first-order valence-corrected chi connectivity index (χ1v) is 5.97. The minimum absolute atomic E-state index is 0.0751. The molecule has 8 nitrogen and oxygen atoms in total. The molecule has 1 aromatic carbocycles. The van der Waals surface area contributed by atoms with E-state index in [1.165, 1.54) is 25.1 Å². The maximum absolute atomic E-state index is 12.6. The van der Waals surface area contributed by atoms with Gasteiger partial charge in [0, 0.05) is 11.6 Å². The Morgan fingerprint density at radius 2 is 2.09 bits per heavy atom. The Morgan fingerprint density at radius 1 is 1.41 bits per heavy atom. The molecule has 0 saturated carbocycles. The van der Waals surface area contributed by atoms with E-state index in [1.54, 1.807) is 0 Å². The summed E-state index contributed by atoms with van der Waals surface area (Å²) in [6, 6.07) is 4.08. The van der Waals surface area contributed by atoms with Crippen molar-refractivity contribution >= 4 is 12.0 Å². The Morgan fingerprint density at radius 3 is 2.59 bits per heavy atom. The molecule has 2 rings (SSSR count). The molecule has 1 unspecified atom stereocenters. The van der Waals surface area contributed by atoms with E-state index in [4.69, 9.17) is 0 Å². The van der Waals surface area contributed by atoms with Crippen molar-refractivity contribution < 1.29 is 22.9 Å². The van der Waals surface area contributed by atoms with Gasteiger partial charge in [-0.05, 0) is 23.8 Å². The number of carbonyl (C=O) groups is 1. The lowest BCUT2D eigenvalue weighted by atomic mass is 10.1. The van der Waals surface area contributed by atoms with Gasteiger partial charge in [-0.25, -0.2) is 5.01 Å². The van der Waals surface area contributed by atoms with Crippen LogP contribution in [0.4, 0.5) is 18.9 Å². The summed E-state index contributed by atoms with van der Waals surface area (Å²) in [5, 5.41) is 17.4. The molecule has 1 aliphatic rings. The number of nitro benzene ring substituents is 1. The first-order valence-electron chi connectivity index (χ1n) is 5.97. The van der Waals surface area contributed by atoms with Crippen LogP contribution >= 0.6 is 0 Å². The summed E-state index contributed by atoms with van der Waals surface area (Å²) in [5.74, 6) is 0. The number of carbonyl (C=O) groups excluding carboxylic acids is 1. The molecule has 0 fully saturated rings. The highest BCUT2D eigenvalue weighted by molar-refractivity contribution is 5.57. The lowest BCUT2D eigenvalue weighted by Crippen LogP contribution is -2.46. The predicted molar refractivity (Wildman–Crippen MR) is 66.0 cm³/mol. The minimum atomic E-state index is -4.82. The third-order valence-corrected chi connectivity index (χ3v) is 2.99. The van der Waals surface area contributed by atoms with E-state index < -0.39 is 17.4 Å². The summed E-state index contributed by atoms with van der Waals surface area (Å²) in [7, 11) is 0. The molecule has 118 valence electrons. The highest BCUT2D eigenvalue weighted by Crippen LogP contribution is 2.30. The maximum atomic E-state index is 12.6. The van der Waals surface area contributed by atoms with Crippen molar-refractivity contribution in [3.05, 3.63) is 39.4 Å². The van der Waals surface area contributed by atoms with E-state index in [0.29, 0.717) is 11.1 Å². The smallest absolute Gasteiger partial charge is 0.299 e. The third-order valence-electron chi connectivity index (χ3n) is 2.99. The largest absolute Gasteiger partial charge is 0.504 e. The molecule has 0 bridgehead atoms. The molecule has 22 heavy (non-hydrogen) atoms. The number of alkyl halides is 3. The second-order valence-electron chi connectivity index (χ2n) is 4.52. The van der Waals surface area contributed by atoms with Gasteiger partial charge in [-0.15, -0.1) is 13.2 Å². The summed E-state index contributed by atoms with van der Waals surface area (Å²) >= 11 is 0. The molecule has 1 atom stereocenters. The summed E-state index contributed by atoms with van der Waals surface area (Å²) in [6.07, 6.45) is -6.45. The summed E-state index contributed by atoms with van der Waals surface area (Å²) in [4.78, 5) is 21.0. The molecular weight excluding hydrogens is 307 g/mol. The number of benzene rings is 1. The standard InChI is InChI=1S/C11H10F3N5O3/c1-7-4-8(2-3-9(7)19(21)22)5-17-10(6-20)18(16-15-17)11(12,13)14/h2-4,6,10H,5H2,1H3. The number of halogens is 3. The lowest BCUT2D eigenvalue weighted by molar-refractivity contribution is -0.385. The van der Waals surface area contributed by atoms with Crippen LogP contribution in [0.15, 0.2) is 28.6 Å². The van der Waals surface area contributed by atoms with Crippen LogP contribution in [-0.4, -0.2) is 33.7 Å². The fraction of sp³-hybridized carbons (Fsp3) is 0.364. The van der Waals surface area contributed by atoms with E-state index in [-0.39, 0.29) is 23.5 Å². The van der Waals surface area contributed by atoms with Crippen LogP contribution in [0.2, 0.25) is 0 Å². The van der Waals surface area contributed by atoms with Gasteiger partial charge in [0.15, 0.2) is 6.29 Å². The number of aldehydes is 1. The van der Waals surface area contributed by atoms with E-state index in [9.17, 15) is 28.1 Å². The van der Waals surface area contributed by atoms with Gasteiger partial charge < -0.3 is 0 Å². The fourth-order valence-electron chi connectivity index (χ4n) is 1.99. The zero-order chi connectivity index (χ0) is 16.5. The molecule has 11 heteroatoms. The van der Waals surface area contributed by atoms with Crippen LogP contribution in [0.5, 0.6) is 0 Å². The van der Waals surface area contributed by atoms with Crippen LogP contribution in [0.1, 0.15) is 11.1 Å². The zero-order valence-electron chi connectivity index (χ0n) is 11.2.